The van der Waals surface area contributed by atoms with Crippen molar-refractivity contribution in [2.24, 2.45) is 0 Å². The lowest BCUT2D eigenvalue weighted by Gasteiger charge is -2.14. The molecule has 1 heterocycles. The van der Waals surface area contributed by atoms with E-state index in [0.29, 0.717) is 10.6 Å². The normalized spacial score (nSPS) is 11.8. The number of anilines is 1. The predicted octanol–water partition coefficient (Wildman–Crippen LogP) is 1.76. The van der Waals surface area contributed by atoms with Crippen molar-refractivity contribution in [2.45, 2.75) is 12.5 Å². The number of rotatable bonds is 5. The van der Waals surface area contributed by atoms with Crippen LogP contribution < -0.4 is 11.1 Å². The van der Waals surface area contributed by atoms with Crippen LogP contribution >= 0.6 is 11.3 Å². The maximum atomic E-state index is 12.0. The second-order valence-electron chi connectivity index (χ2n) is 4.26. The maximum absolute atomic E-state index is 12.0. The van der Waals surface area contributed by atoms with Crippen molar-refractivity contribution in [3.8, 4) is 0 Å². The van der Waals surface area contributed by atoms with Crippen molar-refractivity contribution >= 4 is 28.9 Å². The van der Waals surface area contributed by atoms with Gasteiger partial charge in [0.25, 0.3) is 5.91 Å². The number of benzene rings is 1. The molecule has 0 aliphatic heterocycles. The molecule has 0 aliphatic carbocycles. The highest BCUT2D eigenvalue weighted by Gasteiger charge is 2.22. The summed E-state index contributed by atoms with van der Waals surface area (Å²) in [5, 5.41) is 13.4. The van der Waals surface area contributed by atoms with Crippen LogP contribution in [0.5, 0.6) is 0 Å². The van der Waals surface area contributed by atoms with Crippen LogP contribution in [0.15, 0.2) is 41.8 Å². The van der Waals surface area contributed by atoms with E-state index in [0.717, 1.165) is 5.56 Å². The van der Waals surface area contributed by atoms with Gasteiger partial charge in [0.2, 0.25) is 0 Å². The molecule has 0 saturated heterocycles. The van der Waals surface area contributed by atoms with E-state index in [1.807, 2.05) is 30.3 Å². The minimum Gasteiger partial charge on any atom is -0.480 e. The van der Waals surface area contributed by atoms with Crippen molar-refractivity contribution in [1.82, 2.24) is 5.32 Å². The first-order valence-electron chi connectivity index (χ1n) is 5.98. The van der Waals surface area contributed by atoms with Crippen molar-refractivity contribution in [3.05, 3.63) is 52.2 Å². The zero-order chi connectivity index (χ0) is 14.5. The molecule has 2 aromatic rings. The molecule has 5 nitrogen and oxygen atoms in total. The molecule has 104 valence electrons. The van der Waals surface area contributed by atoms with Gasteiger partial charge in [-0.25, -0.2) is 4.79 Å². The lowest BCUT2D eigenvalue weighted by molar-refractivity contribution is -0.139. The number of aliphatic carboxylic acids is 1. The van der Waals surface area contributed by atoms with E-state index in [-0.39, 0.29) is 6.42 Å². The van der Waals surface area contributed by atoms with E-state index in [4.69, 9.17) is 5.73 Å². The van der Waals surface area contributed by atoms with Crippen molar-refractivity contribution in [2.75, 3.05) is 5.73 Å². The van der Waals surface area contributed by atoms with Crippen LogP contribution in [0.2, 0.25) is 0 Å². The Morgan fingerprint density at radius 2 is 1.95 bits per heavy atom. The first-order chi connectivity index (χ1) is 9.58. The molecule has 0 spiro atoms. The van der Waals surface area contributed by atoms with E-state index in [1.165, 1.54) is 11.3 Å². The van der Waals surface area contributed by atoms with E-state index in [2.05, 4.69) is 5.32 Å². The van der Waals surface area contributed by atoms with E-state index in [9.17, 15) is 14.7 Å². The van der Waals surface area contributed by atoms with Gasteiger partial charge in [-0.1, -0.05) is 30.3 Å². The maximum Gasteiger partial charge on any atom is 0.326 e. The third-order valence-electron chi connectivity index (χ3n) is 2.79. The summed E-state index contributed by atoms with van der Waals surface area (Å²) in [7, 11) is 0. The molecule has 1 atom stereocenters. The highest BCUT2D eigenvalue weighted by atomic mass is 32.1. The van der Waals surface area contributed by atoms with Gasteiger partial charge in [-0.15, -0.1) is 11.3 Å². The first kappa shape index (κ1) is 14.1. The van der Waals surface area contributed by atoms with Crippen LogP contribution in [0.4, 0.5) is 5.69 Å². The summed E-state index contributed by atoms with van der Waals surface area (Å²) >= 11 is 1.19. The lowest BCUT2D eigenvalue weighted by atomic mass is 10.1. The second-order valence-corrected chi connectivity index (χ2v) is 5.18. The molecule has 1 aromatic carbocycles. The molecule has 4 N–H and O–H groups in total. The molecule has 2 rings (SSSR count). The highest BCUT2D eigenvalue weighted by molar-refractivity contribution is 7.12. The Hall–Kier alpha value is -2.34. The Bertz CT molecular complexity index is 610. The number of carboxylic acids is 1. The molecule has 1 amide bonds. The van der Waals surface area contributed by atoms with Crippen molar-refractivity contribution in [1.29, 1.82) is 0 Å². The van der Waals surface area contributed by atoms with Gasteiger partial charge in [0.1, 0.15) is 10.9 Å². The quantitative estimate of drug-likeness (QED) is 0.782. The fourth-order valence-electron chi connectivity index (χ4n) is 1.78. The fourth-order valence-corrected chi connectivity index (χ4v) is 2.50. The van der Waals surface area contributed by atoms with Gasteiger partial charge in [0.05, 0.1) is 5.69 Å². The summed E-state index contributed by atoms with van der Waals surface area (Å²) in [6, 6.07) is 9.78. The summed E-state index contributed by atoms with van der Waals surface area (Å²) < 4.78 is 0. The summed E-state index contributed by atoms with van der Waals surface area (Å²) in [5.41, 5.74) is 6.85. The molecule has 0 bridgehead atoms. The molecule has 0 radical (unpaired) electrons. The van der Waals surface area contributed by atoms with Gasteiger partial charge in [-0.3, -0.25) is 4.79 Å². The monoisotopic (exact) mass is 290 g/mol. The topological polar surface area (TPSA) is 92.4 Å². The minimum absolute atomic E-state index is 0.229. The number of carbonyl (C=O) groups excluding carboxylic acids is 1. The lowest BCUT2D eigenvalue weighted by Crippen LogP contribution is -2.42. The molecule has 6 heteroatoms. The Morgan fingerprint density at radius 3 is 2.50 bits per heavy atom. The highest BCUT2D eigenvalue weighted by Crippen LogP contribution is 2.18. The smallest absolute Gasteiger partial charge is 0.326 e. The van der Waals surface area contributed by atoms with Crippen LogP contribution in [-0.4, -0.2) is 23.0 Å². The standard InChI is InChI=1S/C14H14N2O3S/c15-10-6-7-20-12(10)13(17)16-11(14(18)19)8-9-4-2-1-3-5-9/h1-7,11H,8,15H2,(H,16,17)(H,18,19)/t11-/m0/s1. The molecule has 0 unspecified atom stereocenters. The van der Waals surface area contributed by atoms with Crippen LogP contribution in [0.25, 0.3) is 0 Å². The fraction of sp³-hybridized carbons (Fsp3) is 0.143. The third-order valence-corrected chi connectivity index (χ3v) is 3.72. The van der Waals surface area contributed by atoms with Crippen LogP contribution in [-0.2, 0) is 11.2 Å². The molecule has 0 saturated carbocycles. The number of hydrogen-bond donors (Lipinski definition) is 3. The average Bonchev–Trinajstić information content (AvgIpc) is 2.85. The van der Waals surface area contributed by atoms with Crippen molar-refractivity contribution < 1.29 is 14.7 Å². The number of nitrogen functional groups attached to an aromatic ring is 1. The minimum atomic E-state index is -1.07. The zero-order valence-electron chi connectivity index (χ0n) is 10.6. The first-order valence-corrected chi connectivity index (χ1v) is 6.86. The van der Waals surface area contributed by atoms with Gasteiger partial charge in [-0.2, -0.15) is 0 Å². The number of hydrogen-bond acceptors (Lipinski definition) is 4. The van der Waals surface area contributed by atoms with Crippen LogP contribution in [0.3, 0.4) is 0 Å². The number of nitrogens with two attached hydrogens (primary N) is 1. The Labute approximate surface area is 120 Å². The molecular weight excluding hydrogens is 276 g/mol. The summed E-state index contributed by atoms with van der Waals surface area (Å²) in [4.78, 5) is 23.6. The van der Waals surface area contributed by atoms with Crippen molar-refractivity contribution in [3.63, 3.8) is 0 Å². The van der Waals surface area contributed by atoms with Gasteiger partial charge in [0, 0.05) is 6.42 Å². The van der Waals surface area contributed by atoms with Crippen LogP contribution in [0.1, 0.15) is 15.2 Å². The summed E-state index contributed by atoms with van der Waals surface area (Å²) in [5.74, 6) is -1.53. The number of thiophene rings is 1. The Balaban J connectivity index is 2.09. The van der Waals surface area contributed by atoms with E-state index >= 15 is 0 Å². The van der Waals surface area contributed by atoms with E-state index < -0.39 is 17.9 Å². The number of amides is 1. The van der Waals surface area contributed by atoms with E-state index in [1.54, 1.807) is 11.4 Å². The Kier molecular flexibility index (Phi) is 4.37. The molecule has 1 aromatic heterocycles. The summed E-state index contributed by atoms with van der Waals surface area (Å²) in [6.45, 7) is 0. The summed E-state index contributed by atoms with van der Waals surface area (Å²) in [6.07, 6.45) is 0.229. The molecule has 20 heavy (non-hydrogen) atoms. The molecular formula is C14H14N2O3S. The molecule has 0 aliphatic rings. The van der Waals surface area contributed by atoms with Gasteiger partial charge in [0.15, 0.2) is 0 Å². The average molecular weight is 290 g/mol. The number of carboxylic acid groups (broad SMARTS) is 1. The van der Waals surface area contributed by atoms with Gasteiger partial charge in [-0.05, 0) is 17.0 Å². The predicted molar refractivity (Wildman–Crippen MR) is 77.8 cm³/mol. The van der Waals surface area contributed by atoms with Gasteiger partial charge < -0.3 is 16.2 Å². The number of nitrogens with one attached hydrogen (secondary N) is 1. The van der Waals surface area contributed by atoms with Gasteiger partial charge >= 0.3 is 5.97 Å². The number of carbonyl (C=O) groups is 2. The van der Waals surface area contributed by atoms with Crippen LogP contribution in [0, 0.1) is 0 Å². The SMILES string of the molecule is Nc1ccsc1C(=O)N[C@@H](Cc1ccccc1)C(=O)O. The third kappa shape index (κ3) is 3.36. The molecule has 0 fully saturated rings. The Morgan fingerprint density at radius 1 is 1.25 bits per heavy atom. The second kappa shape index (κ2) is 6.21. The largest absolute Gasteiger partial charge is 0.480 e. The zero-order valence-corrected chi connectivity index (χ0v) is 11.4.